The highest BCUT2D eigenvalue weighted by atomic mass is 19.1. The van der Waals surface area contributed by atoms with Gasteiger partial charge < -0.3 is 10.2 Å². The maximum Gasteiger partial charge on any atom is 0.241 e. The minimum absolute atomic E-state index is 0.0205. The average Bonchev–Trinajstić information content (AvgIpc) is 2.90. The van der Waals surface area contributed by atoms with Crippen LogP contribution in [0.3, 0.4) is 0 Å². The fourth-order valence-corrected chi connectivity index (χ4v) is 2.65. The molecule has 2 aliphatic heterocycles. The molecule has 2 aliphatic rings. The van der Waals surface area contributed by atoms with Crippen molar-refractivity contribution in [2.45, 2.75) is 31.9 Å². The number of halogens is 1. The van der Waals surface area contributed by atoms with E-state index in [0.29, 0.717) is 13.0 Å². The van der Waals surface area contributed by atoms with Crippen molar-refractivity contribution < 1.29 is 14.0 Å². The first kappa shape index (κ1) is 14.2. The van der Waals surface area contributed by atoms with E-state index in [0.717, 1.165) is 38.9 Å². The largest absolute Gasteiger partial charge is 0.346 e. The second kappa shape index (κ2) is 6.84. The number of nitrogens with one attached hydrogen (secondary N) is 1. The maximum absolute atomic E-state index is 13.2. The van der Waals surface area contributed by atoms with E-state index in [-0.39, 0.29) is 24.9 Å². The van der Waals surface area contributed by atoms with Crippen molar-refractivity contribution in [1.29, 1.82) is 0 Å². The first-order valence-corrected chi connectivity index (χ1v) is 7.06. The molecule has 2 saturated heterocycles. The molecule has 0 aromatic rings. The van der Waals surface area contributed by atoms with Gasteiger partial charge in [0, 0.05) is 19.6 Å². The van der Waals surface area contributed by atoms with Crippen molar-refractivity contribution in [1.82, 2.24) is 15.1 Å². The average molecular weight is 271 g/mol. The summed E-state index contributed by atoms with van der Waals surface area (Å²) in [6.45, 7) is 2.93. The summed E-state index contributed by atoms with van der Waals surface area (Å²) in [5.41, 5.74) is 0. The van der Waals surface area contributed by atoms with Crippen LogP contribution in [-0.2, 0) is 9.59 Å². The van der Waals surface area contributed by atoms with Crippen LogP contribution < -0.4 is 5.32 Å². The minimum Gasteiger partial charge on any atom is -0.346 e. The molecule has 2 amide bonds. The zero-order chi connectivity index (χ0) is 13.7. The third kappa shape index (κ3) is 4.45. The van der Waals surface area contributed by atoms with Crippen LogP contribution in [0.2, 0.25) is 0 Å². The van der Waals surface area contributed by atoms with Crippen molar-refractivity contribution in [3.05, 3.63) is 0 Å². The Hall–Kier alpha value is -1.17. The van der Waals surface area contributed by atoms with Crippen molar-refractivity contribution in [2.75, 3.05) is 39.3 Å². The molecule has 6 heteroatoms. The molecule has 108 valence electrons. The third-order valence-electron chi connectivity index (χ3n) is 3.71. The topological polar surface area (TPSA) is 52.7 Å². The second-order valence-electron chi connectivity index (χ2n) is 5.34. The van der Waals surface area contributed by atoms with Crippen LogP contribution in [0, 0.1) is 0 Å². The molecule has 1 atom stereocenters. The van der Waals surface area contributed by atoms with Gasteiger partial charge in [-0.15, -0.1) is 0 Å². The van der Waals surface area contributed by atoms with E-state index in [1.165, 1.54) is 0 Å². The van der Waals surface area contributed by atoms with Crippen LogP contribution in [0.4, 0.5) is 4.39 Å². The molecule has 0 aliphatic carbocycles. The molecule has 0 spiro atoms. The molecule has 0 bridgehead atoms. The number of amides is 2. The van der Waals surface area contributed by atoms with Crippen LogP contribution in [0.1, 0.15) is 25.7 Å². The third-order valence-corrected chi connectivity index (χ3v) is 3.71. The van der Waals surface area contributed by atoms with Gasteiger partial charge in [-0.1, -0.05) is 0 Å². The Bertz CT molecular complexity index is 332. The normalized spacial score (nSPS) is 24.5. The van der Waals surface area contributed by atoms with Gasteiger partial charge in [0.25, 0.3) is 0 Å². The van der Waals surface area contributed by atoms with Crippen molar-refractivity contribution in [3.8, 4) is 0 Å². The fraction of sp³-hybridized carbons (Fsp3) is 0.846. The first-order chi connectivity index (χ1) is 9.15. The molecule has 0 radical (unpaired) electrons. The van der Waals surface area contributed by atoms with E-state index < -0.39 is 6.17 Å². The lowest BCUT2D eigenvalue weighted by Gasteiger charge is -2.28. The lowest BCUT2D eigenvalue weighted by atomic mass is 10.1. The lowest BCUT2D eigenvalue weighted by molar-refractivity contribution is -0.132. The Kier molecular flexibility index (Phi) is 5.13. The van der Waals surface area contributed by atoms with Crippen LogP contribution in [0.25, 0.3) is 0 Å². The number of rotatable bonds is 4. The maximum atomic E-state index is 13.2. The monoisotopic (exact) mass is 271 g/mol. The molecule has 1 unspecified atom stereocenters. The van der Waals surface area contributed by atoms with Crippen LogP contribution in [0.15, 0.2) is 0 Å². The van der Waals surface area contributed by atoms with Gasteiger partial charge in [0.2, 0.25) is 11.8 Å². The number of carbonyl (C=O) groups excluding carboxylic acids is 2. The van der Waals surface area contributed by atoms with Crippen molar-refractivity contribution >= 4 is 11.8 Å². The molecule has 2 heterocycles. The Labute approximate surface area is 113 Å². The Morgan fingerprint density at radius 2 is 1.89 bits per heavy atom. The zero-order valence-electron chi connectivity index (χ0n) is 11.2. The predicted octanol–water partition coefficient (Wildman–Crippen LogP) is 0.159. The van der Waals surface area contributed by atoms with Crippen LogP contribution in [-0.4, -0.2) is 67.1 Å². The molecule has 19 heavy (non-hydrogen) atoms. The second-order valence-corrected chi connectivity index (χ2v) is 5.34. The summed E-state index contributed by atoms with van der Waals surface area (Å²) in [4.78, 5) is 27.0. The highest BCUT2D eigenvalue weighted by Gasteiger charge is 2.22. The molecule has 0 aromatic heterocycles. The number of carbonyl (C=O) groups is 2. The fourth-order valence-electron chi connectivity index (χ4n) is 2.65. The van der Waals surface area contributed by atoms with Crippen LogP contribution in [0.5, 0.6) is 0 Å². The Morgan fingerprint density at radius 3 is 2.58 bits per heavy atom. The van der Waals surface area contributed by atoms with Crippen molar-refractivity contribution in [2.24, 2.45) is 0 Å². The summed E-state index contributed by atoms with van der Waals surface area (Å²) in [5, 5.41) is 2.63. The summed E-state index contributed by atoms with van der Waals surface area (Å²) in [7, 11) is 0. The highest BCUT2D eigenvalue weighted by Crippen LogP contribution is 2.12. The molecular formula is C13H22FN3O2. The van der Waals surface area contributed by atoms with E-state index in [2.05, 4.69) is 5.32 Å². The predicted molar refractivity (Wildman–Crippen MR) is 69.4 cm³/mol. The van der Waals surface area contributed by atoms with Gasteiger partial charge in [-0.2, -0.15) is 0 Å². The molecule has 0 saturated carbocycles. The number of nitrogens with zero attached hydrogens (tertiary/aromatic N) is 2. The standard InChI is InChI=1S/C13H22FN3O2/c14-11-4-3-5-16(9-11)10-12(18)15-8-13(19)17-6-1-2-7-17/h11H,1-10H2,(H,15,18). The smallest absolute Gasteiger partial charge is 0.241 e. The summed E-state index contributed by atoms with van der Waals surface area (Å²) in [6, 6.07) is 0. The molecule has 1 N–H and O–H groups in total. The van der Waals surface area contributed by atoms with Crippen LogP contribution >= 0.6 is 0 Å². The number of alkyl halides is 1. The number of likely N-dealkylation sites (tertiary alicyclic amines) is 2. The molecule has 0 aromatic carbocycles. The number of hydrogen-bond donors (Lipinski definition) is 1. The van der Waals surface area contributed by atoms with Gasteiger partial charge in [0.05, 0.1) is 13.1 Å². The minimum atomic E-state index is -0.826. The lowest BCUT2D eigenvalue weighted by Crippen LogP contribution is -2.45. The molecule has 2 fully saturated rings. The zero-order valence-corrected chi connectivity index (χ0v) is 11.2. The molecule has 5 nitrogen and oxygen atoms in total. The highest BCUT2D eigenvalue weighted by molar-refractivity contribution is 5.85. The SMILES string of the molecule is O=C(CN1CCCC(F)C1)NCC(=O)N1CCCC1. The van der Waals surface area contributed by atoms with Gasteiger partial charge in [-0.25, -0.2) is 4.39 Å². The quantitative estimate of drug-likeness (QED) is 0.792. The van der Waals surface area contributed by atoms with Gasteiger partial charge in [-0.05, 0) is 32.2 Å². The van der Waals surface area contributed by atoms with E-state index in [1.54, 1.807) is 4.90 Å². The van der Waals surface area contributed by atoms with E-state index >= 15 is 0 Å². The Balaban J connectivity index is 1.65. The molecular weight excluding hydrogens is 249 g/mol. The van der Waals surface area contributed by atoms with Crippen molar-refractivity contribution in [3.63, 3.8) is 0 Å². The van der Waals surface area contributed by atoms with E-state index in [1.807, 2.05) is 4.90 Å². The summed E-state index contributed by atoms with van der Waals surface area (Å²) in [6.07, 6.45) is 2.65. The summed E-state index contributed by atoms with van der Waals surface area (Å²) in [5.74, 6) is -0.213. The first-order valence-electron chi connectivity index (χ1n) is 7.06. The Morgan fingerprint density at radius 1 is 1.16 bits per heavy atom. The van der Waals surface area contributed by atoms with Gasteiger partial charge in [0.1, 0.15) is 6.17 Å². The van der Waals surface area contributed by atoms with Gasteiger partial charge in [0.15, 0.2) is 0 Å². The van der Waals surface area contributed by atoms with Gasteiger partial charge in [-0.3, -0.25) is 14.5 Å². The molecule has 2 rings (SSSR count). The van der Waals surface area contributed by atoms with Gasteiger partial charge >= 0.3 is 0 Å². The van der Waals surface area contributed by atoms with E-state index in [4.69, 9.17) is 0 Å². The summed E-state index contributed by atoms with van der Waals surface area (Å²) >= 11 is 0. The summed E-state index contributed by atoms with van der Waals surface area (Å²) < 4.78 is 13.2. The van der Waals surface area contributed by atoms with E-state index in [9.17, 15) is 14.0 Å². The number of piperidine rings is 1. The number of hydrogen-bond acceptors (Lipinski definition) is 3.